The molecule has 0 unspecified atom stereocenters. The van der Waals surface area contributed by atoms with E-state index in [4.69, 9.17) is 23.2 Å². The van der Waals surface area contributed by atoms with Crippen LogP contribution < -0.4 is 4.90 Å². The van der Waals surface area contributed by atoms with Crippen LogP contribution >= 0.6 is 35.0 Å². The summed E-state index contributed by atoms with van der Waals surface area (Å²) in [6, 6.07) is 13.9. The number of para-hydroxylation sites is 1. The molecule has 2 aromatic rings. The predicted molar refractivity (Wildman–Crippen MR) is 91.4 cm³/mol. The summed E-state index contributed by atoms with van der Waals surface area (Å²) in [6.07, 6.45) is 1.59. The van der Waals surface area contributed by atoms with Gasteiger partial charge in [-0.3, -0.25) is 9.59 Å². The number of amides is 2. The number of imide groups is 1. The van der Waals surface area contributed by atoms with Gasteiger partial charge in [0.15, 0.2) is 0 Å². The Bertz CT molecular complexity index is 790. The molecule has 3 rings (SSSR count). The van der Waals surface area contributed by atoms with Crippen LogP contribution in [0.2, 0.25) is 10.0 Å². The van der Waals surface area contributed by atoms with Crippen LogP contribution in [0.4, 0.5) is 10.5 Å². The molecule has 0 radical (unpaired) electrons. The number of benzene rings is 2. The van der Waals surface area contributed by atoms with Gasteiger partial charge in [0.25, 0.3) is 11.1 Å². The molecule has 1 fully saturated rings. The number of hydrogen-bond acceptors (Lipinski definition) is 3. The monoisotopic (exact) mass is 349 g/mol. The summed E-state index contributed by atoms with van der Waals surface area (Å²) in [7, 11) is 0. The van der Waals surface area contributed by atoms with E-state index >= 15 is 0 Å². The van der Waals surface area contributed by atoms with E-state index in [1.54, 1.807) is 48.5 Å². The Morgan fingerprint density at radius 3 is 2.41 bits per heavy atom. The molecule has 1 aliphatic rings. The van der Waals surface area contributed by atoms with Gasteiger partial charge in [-0.15, -0.1) is 0 Å². The summed E-state index contributed by atoms with van der Waals surface area (Å²) >= 11 is 13.0. The number of thioether (sulfide) groups is 1. The smallest absolute Gasteiger partial charge is 0.268 e. The highest BCUT2D eigenvalue weighted by atomic mass is 35.5. The Kier molecular flexibility index (Phi) is 4.25. The van der Waals surface area contributed by atoms with Crippen molar-refractivity contribution in [1.29, 1.82) is 0 Å². The number of halogens is 2. The molecular formula is C16H9Cl2NO2S. The zero-order chi connectivity index (χ0) is 15.7. The van der Waals surface area contributed by atoms with Crippen molar-refractivity contribution in [3.63, 3.8) is 0 Å². The first-order valence-corrected chi connectivity index (χ1v) is 7.92. The first kappa shape index (κ1) is 15.2. The minimum absolute atomic E-state index is 0.318. The fourth-order valence-corrected chi connectivity index (χ4v) is 3.24. The van der Waals surface area contributed by atoms with Gasteiger partial charge in [0, 0.05) is 0 Å². The molecular weight excluding hydrogens is 341 g/mol. The molecule has 3 nitrogen and oxygen atoms in total. The fourth-order valence-electron chi connectivity index (χ4n) is 2.04. The maximum atomic E-state index is 12.5. The molecule has 1 saturated heterocycles. The normalized spacial score (nSPS) is 16.6. The molecule has 0 bridgehead atoms. The second-order valence-corrected chi connectivity index (χ2v) is 6.27. The lowest BCUT2D eigenvalue weighted by Gasteiger charge is -2.11. The first-order chi connectivity index (χ1) is 10.6. The lowest BCUT2D eigenvalue weighted by Crippen LogP contribution is -2.27. The Morgan fingerprint density at radius 1 is 0.955 bits per heavy atom. The quantitative estimate of drug-likeness (QED) is 0.696. The summed E-state index contributed by atoms with van der Waals surface area (Å²) in [5.74, 6) is -0.364. The fraction of sp³-hybridized carbons (Fsp3) is 0. The van der Waals surface area contributed by atoms with E-state index in [0.29, 0.717) is 26.2 Å². The van der Waals surface area contributed by atoms with Crippen molar-refractivity contribution in [3.8, 4) is 0 Å². The van der Waals surface area contributed by atoms with Crippen LogP contribution in [0, 0.1) is 0 Å². The van der Waals surface area contributed by atoms with Gasteiger partial charge in [-0.05, 0) is 41.6 Å². The summed E-state index contributed by atoms with van der Waals surface area (Å²) in [5.41, 5.74) is 1.15. The van der Waals surface area contributed by atoms with E-state index in [-0.39, 0.29) is 11.1 Å². The van der Waals surface area contributed by atoms with Gasteiger partial charge >= 0.3 is 0 Å². The number of hydrogen-bond donors (Lipinski definition) is 0. The maximum absolute atomic E-state index is 12.5. The van der Waals surface area contributed by atoms with Gasteiger partial charge in [0.2, 0.25) is 0 Å². The van der Waals surface area contributed by atoms with E-state index in [0.717, 1.165) is 16.7 Å². The Hall–Kier alpha value is -1.75. The molecule has 0 spiro atoms. The molecule has 2 aromatic carbocycles. The standard InChI is InChI=1S/C16H9Cl2NO2S/c17-12-8-4-5-10(14(12)18)9-13-15(20)19(16(21)22-13)11-6-2-1-3-7-11/h1-9H/b13-9+. The van der Waals surface area contributed by atoms with Crippen LogP contribution in [0.5, 0.6) is 0 Å². The topological polar surface area (TPSA) is 37.4 Å². The van der Waals surface area contributed by atoms with Crippen LogP contribution in [-0.4, -0.2) is 11.1 Å². The van der Waals surface area contributed by atoms with E-state index in [1.807, 2.05) is 6.07 Å². The largest absolute Gasteiger partial charge is 0.298 e. The average Bonchev–Trinajstić information content (AvgIpc) is 2.79. The lowest BCUT2D eigenvalue weighted by atomic mass is 10.2. The van der Waals surface area contributed by atoms with Crippen LogP contribution in [0.15, 0.2) is 53.4 Å². The van der Waals surface area contributed by atoms with Crippen LogP contribution in [-0.2, 0) is 4.79 Å². The highest BCUT2D eigenvalue weighted by Gasteiger charge is 2.36. The van der Waals surface area contributed by atoms with Gasteiger partial charge in [-0.1, -0.05) is 53.5 Å². The number of carbonyl (C=O) groups is 2. The summed E-state index contributed by atoms with van der Waals surface area (Å²) in [4.78, 5) is 26.0. The molecule has 1 heterocycles. The van der Waals surface area contributed by atoms with E-state index in [1.165, 1.54) is 0 Å². The van der Waals surface area contributed by atoms with Crippen molar-refractivity contribution < 1.29 is 9.59 Å². The number of nitrogens with zero attached hydrogens (tertiary/aromatic N) is 1. The molecule has 0 aliphatic carbocycles. The van der Waals surface area contributed by atoms with Crippen molar-refractivity contribution in [2.45, 2.75) is 0 Å². The van der Waals surface area contributed by atoms with E-state index in [9.17, 15) is 9.59 Å². The van der Waals surface area contributed by atoms with Crippen molar-refractivity contribution in [2.75, 3.05) is 4.90 Å². The maximum Gasteiger partial charge on any atom is 0.298 e. The van der Waals surface area contributed by atoms with Crippen molar-refractivity contribution in [1.82, 2.24) is 0 Å². The molecule has 110 valence electrons. The highest BCUT2D eigenvalue weighted by molar-refractivity contribution is 8.19. The molecule has 0 N–H and O–H groups in total. The van der Waals surface area contributed by atoms with Gasteiger partial charge < -0.3 is 0 Å². The SMILES string of the molecule is O=C1S/C(=C/c2cccc(Cl)c2Cl)C(=O)N1c1ccccc1. The molecule has 6 heteroatoms. The minimum atomic E-state index is -0.364. The van der Waals surface area contributed by atoms with Crippen LogP contribution in [0.25, 0.3) is 6.08 Å². The zero-order valence-electron chi connectivity index (χ0n) is 11.1. The first-order valence-electron chi connectivity index (χ1n) is 6.35. The Balaban J connectivity index is 1.98. The lowest BCUT2D eigenvalue weighted by molar-refractivity contribution is -0.113. The molecule has 22 heavy (non-hydrogen) atoms. The van der Waals surface area contributed by atoms with Gasteiger partial charge in [0.1, 0.15) is 0 Å². The second kappa shape index (κ2) is 6.16. The van der Waals surface area contributed by atoms with Gasteiger partial charge in [0.05, 0.1) is 20.6 Å². The predicted octanol–water partition coefficient (Wildman–Crippen LogP) is 5.23. The average molecular weight is 350 g/mol. The summed E-state index contributed by atoms with van der Waals surface area (Å²) in [6.45, 7) is 0. The van der Waals surface area contributed by atoms with Crippen molar-refractivity contribution >= 4 is 57.9 Å². The highest BCUT2D eigenvalue weighted by Crippen LogP contribution is 2.37. The third kappa shape index (κ3) is 2.77. The molecule has 2 amide bonds. The van der Waals surface area contributed by atoms with Gasteiger partial charge in [-0.2, -0.15) is 0 Å². The number of anilines is 1. The zero-order valence-corrected chi connectivity index (χ0v) is 13.5. The number of rotatable bonds is 2. The molecule has 1 aliphatic heterocycles. The second-order valence-electron chi connectivity index (χ2n) is 4.50. The minimum Gasteiger partial charge on any atom is -0.268 e. The summed E-state index contributed by atoms with van der Waals surface area (Å²) < 4.78 is 0. The Labute approximate surface area is 141 Å². The van der Waals surface area contributed by atoms with E-state index < -0.39 is 0 Å². The molecule has 0 atom stereocenters. The molecule has 0 saturated carbocycles. The van der Waals surface area contributed by atoms with Crippen molar-refractivity contribution in [2.24, 2.45) is 0 Å². The van der Waals surface area contributed by atoms with Gasteiger partial charge in [-0.25, -0.2) is 4.90 Å². The summed E-state index contributed by atoms with van der Waals surface area (Å²) in [5, 5.41) is 0.425. The third-order valence-corrected chi connectivity index (χ3v) is 4.78. The van der Waals surface area contributed by atoms with E-state index in [2.05, 4.69) is 0 Å². The van der Waals surface area contributed by atoms with Crippen LogP contribution in [0.3, 0.4) is 0 Å². The van der Waals surface area contributed by atoms with Crippen molar-refractivity contribution in [3.05, 3.63) is 69.0 Å². The van der Waals surface area contributed by atoms with Crippen LogP contribution in [0.1, 0.15) is 5.56 Å². The number of carbonyl (C=O) groups excluding carboxylic acids is 2. The third-order valence-electron chi connectivity index (χ3n) is 3.08. The molecule has 0 aromatic heterocycles. The Morgan fingerprint density at radius 2 is 1.68 bits per heavy atom.